The molecule has 3 rings (SSSR count). The summed E-state index contributed by atoms with van der Waals surface area (Å²) in [7, 11) is 0. The number of fused-ring (bicyclic) bond motifs is 1. The van der Waals surface area contributed by atoms with Crippen LogP contribution >= 0.6 is 23.4 Å². The van der Waals surface area contributed by atoms with Crippen LogP contribution in [-0.2, 0) is 4.79 Å². The van der Waals surface area contributed by atoms with E-state index in [0.29, 0.717) is 9.93 Å². The van der Waals surface area contributed by atoms with Crippen LogP contribution in [-0.4, -0.2) is 5.91 Å². The van der Waals surface area contributed by atoms with E-state index in [0.717, 1.165) is 16.3 Å². The lowest BCUT2D eigenvalue weighted by molar-refractivity contribution is -0.112. The highest BCUT2D eigenvalue weighted by Crippen LogP contribution is 2.37. The number of rotatable bonds is 2. The van der Waals surface area contributed by atoms with Gasteiger partial charge in [0.15, 0.2) is 0 Å². The second-order valence-corrected chi connectivity index (χ2v) is 5.74. The monoisotopic (exact) mass is 302 g/mol. The lowest BCUT2D eigenvalue weighted by Gasteiger charge is -2.18. The molecule has 2 N–H and O–H groups in total. The molecule has 2 aromatic rings. The number of carbonyl (C=O) groups is 1. The first-order chi connectivity index (χ1) is 9.72. The fraction of sp³-hybridized carbons (Fsp3) is 0. The zero-order chi connectivity index (χ0) is 13.9. The molecular formula is C15H11ClN2OS. The number of hydrogen-bond acceptors (Lipinski definition) is 3. The van der Waals surface area contributed by atoms with Gasteiger partial charge in [0.1, 0.15) is 0 Å². The molecule has 1 heterocycles. The van der Waals surface area contributed by atoms with Crippen LogP contribution in [0.3, 0.4) is 0 Å². The van der Waals surface area contributed by atoms with E-state index in [-0.39, 0.29) is 5.91 Å². The molecule has 1 amide bonds. The van der Waals surface area contributed by atoms with Gasteiger partial charge in [0.25, 0.3) is 5.91 Å². The van der Waals surface area contributed by atoms with Crippen molar-refractivity contribution in [1.29, 1.82) is 0 Å². The Bertz CT molecular complexity index is 700. The maximum absolute atomic E-state index is 12.0. The second kappa shape index (κ2) is 5.61. The van der Waals surface area contributed by atoms with Crippen LogP contribution in [0, 0.1) is 0 Å². The summed E-state index contributed by atoms with van der Waals surface area (Å²) in [5, 5.41) is 6.60. The molecule has 0 saturated carbocycles. The van der Waals surface area contributed by atoms with Crippen molar-refractivity contribution < 1.29 is 4.79 Å². The average molecular weight is 303 g/mol. The zero-order valence-corrected chi connectivity index (χ0v) is 12.0. The van der Waals surface area contributed by atoms with Crippen molar-refractivity contribution >= 4 is 40.6 Å². The van der Waals surface area contributed by atoms with Gasteiger partial charge in [-0.25, -0.2) is 0 Å². The highest BCUT2D eigenvalue weighted by Gasteiger charge is 2.20. The Hall–Kier alpha value is -1.91. The normalized spacial score (nSPS) is 15.7. The van der Waals surface area contributed by atoms with E-state index in [4.69, 9.17) is 11.6 Å². The molecule has 0 atom stereocenters. The van der Waals surface area contributed by atoms with Gasteiger partial charge in [-0.1, -0.05) is 41.6 Å². The number of carbonyl (C=O) groups excluding carboxylic acids is 1. The number of nitrogens with one attached hydrogen (secondary N) is 2. The van der Waals surface area contributed by atoms with E-state index in [2.05, 4.69) is 10.6 Å². The highest BCUT2D eigenvalue weighted by atomic mass is 35.5. The average Bonchev–Trinajstić information content (AvgIpc) is 2.45. The molecule has 5 heteroatoms. The van der Waals surface area contributed by atoms with Gasteiger partial charge in [0.2, 0.25) is 0 Å². The number of thioether (sulfide) groups is 1. The topological polar surface area (TPSA) is 41.1 Å². The van der Waals surface area contributed by atoms with Crippen LogP contribution in [0.25, 0.3) is 0 Å². The summed E-state index contributed by atoms with van der Waals surface area (Å²) < 4.78 is 0. The number of benzene rings is 2. The summed E-state index contributed by atoms with van der Waals surface area (Å²) in [6.45, 7) is 0. The summed E-state index contributed by atoms with van der Waals surface area (Å²) in [6.07, 6.45) is 1.70. The molecule has 100 valence electrons. The summed E-state index contributed by atoms with van der Waals surface area (Å²) in [5.41, 5.74) is 1.69. The zero-order valence-electron chi connectivity index (χ0n) is 10.4. The van der Waals surface area contributed by atoms with Gasteiger partial charge in [-0.15, -0.1) is 0 Å². The molecule has 0 fully saturated rings. The Morgan fingerprint density at radius 3 is 2.85 bits per heavy atom. The number of para-hydroxylation sites is 1. The minimum Gasteiger partial charge on any atom is -0.360 e. The Balaban J connectivity index is 1.81. The van der Waals surface area contributed by atoms with Gasteiger partial charge in [-0.3, -0.25) is 4.79 Å². The van der Waals surface area contributed by atoms with Crippen molar-refractivity contribution in [1.82, 2.24) is 0 Å². The van der Waals surface area contributed by atoms with Crippen molar-refractivity contribution in [3.63, 3.8) is 0 Å². The molecule has 0 aromatic heterocycles. The second-order valence-electron chi connectivity index (χ2n) is 4.22. The van der Waals surface area contributed by atoms with Gasteiger partial charge in [0.05, 0.1) is 10.6 Å². The third-order valence-corrected chi connectivity index (χ3v) is 4.11. The molecule has 0 radical (unpaired) electrons. The summed E-state index contributed by atoms with van der Waals surface area (Å²) in [4.78, 5) is 13.6. The molecule has 3 nitrogen and oxygen atoms in total. The smallest absolute Gasteiger partial charge is 0.263 e. The predicted molar refractivity (Wildman–Crippen MR) is 84.1 cm³/mol. The van der Waals surface area contributed by atoms with Crippen molar-refractivity contribution in [2.75, 3.05) is 10.6 Å². The molecule has 1 aliphatic rings. The minimum atomic E-state index is -0.108. The van der Waals surface area contributed by atoms with E-state index in [9.17, 15) is 4.79 Å². The van der Waals surface area contributed by atoms with Gasteiger partial charge in [0, 0.05) is 21.8 Å². The van der Waals surface area contributed by atoms with Crippen molar-refractivity contribution in [3.05, 3.63) is 64.7 Å². The SMILES string of the molecule is O=C1Nc2ccccc2S/C1=C/Nc1cccc(Cl)c1. The van der Waals surface area contributed by atoms with Crippen LogP contribution in [0.15, 0.2) is 64.5 Å². The molecule has 2 aromatic carbocycles. The van der Waals surface area contributed by atoms with Crippen molar-refractivity contribution in [2.45, 2.75) is 4.90 Å². The van der Waals surface area contributed by atoms with Crippen molar-refractivity contribution in [3.8, 4) is 0 Å². The third-order valence-electron chi connectivity index (χ3n) is 2.77. The summed E-state index contributed by atoms with van der Waals surface area (Å²) in [5.74, 6) is -0.108. The van der Waals surface area contributed by atoms with E-state index < -0.39 is 0 Å². The summed E-state index contributed by atoms with van der Waals surface area (Å²) >= 11 is 7.36. The molecule has 1 aliphatic heterocycles. The number of halogens is 1. The van der Waals surface area contributed by atoms with E-state index in [1.165, 1.54) is 11.8 Å². The first kappa shape index (κ1) is 13.1. The Morgan fingerprint density at radius 2 is 2.00 bits per heavy atom. The minimum absolute atomic E-state index is 0.108. The van der Waals surface area contributed by atoms with Crippen molar-refractivity contribution in [2.24, 2.45) is 0 Å². The Kier molecular flexibility index (Phi) is 3.67. The molecule has 0 saturated heterocycles. The Morgan fingerprint density at radius 1 is 1.15 bits per heavy atom. The van der Waals surface area contributed by atoms with E-state index >= 15 is 0 Å². The van der Waals surface area contributed by atoms with Crippen LogP contribution in [0.5, 0.6) is 0 Å². The fourth-order valence-electron chi connectivity index (χ4n) is 1.83. The maximum atomic E-state index is 12.0. The summed E-state index contributed by atoms with van der Waals surface area (Å²) in [6, 6.07) is 15.1. The predicted octanol–water partition coefficient (Wildman–Crippen LogP) is 4.34. The van der Waals surface area contributed by atoms with E-state index in [1.54, 1.807) is 18.3 Å². The van der Waals surface area contributed by atoms with Gasteiger partial charge in [-0.2, -0.15) is 0 Å². The standard InChI is InChI=1S/C15H11ClN2OS/c16-10-4-3-5-11(8-10)17-9-14-15(19)18-12-6-1-2-7-13(12)20-14/h1-9,17H,(H,18,19)/b14-9+. The lowest BCUT2D eigenvalue weighted by atomic mass is 10.3. The van der Waals surface area contributed by atoms with Gasteiger partial charge < -0.3 is 10.6 Å². The van der Waals surface area contributed by atoms with Crippen LogP contribution < -0.4 is 10.6 Å². The van der Waals surface area contributed by atoms with Gasteiger partial charge >= 0.3 is 0 Å². The first-order valence-electron chi connectivity index (χ1n) is 6.03. The van der Waals surface area contributed by atoms with Gasteiger partial charge in [-0.05, 0) is 30.3 Å². The quantitative estimate of drug-likeness (QED) is 0.811. The van der Waals surface area contributed by atoms with Crippen LogP contribution in [0.1, 0.15) is 0 Å². The maximum Gasteiger partial charge on any atom is 0.263 e. The largest absolute Gasteiger partial charge is 0.360 e. The van der Waals surface area contributed by atoms with E-state index in [1.807, 2.05) is 36.4 Å². The molecular weight excluding hydrogens is 292 g/mol. The molecule has 0 bridgehead atoms. The molecule has 0 unspecified atom stereocenters. The number of amides is 1. The first-order valence-corrected chi connectivity index (χ1v) is 7.22. The fourth-order valence-corrected chi connectivity index (χ4v) is 2.89. The molecule has 0 aliphatic carbocycles. The van der Waals surface area contributed by atoms with Crippen LogP contribution in [0.2, 0.25) is 5.02 Å². The molecule has 20 heavy (non-hydrogen) atoms. The number of hydrogen-bond donors (Lipinski definition) is 2. The highest BCUT2D eigenvalue weighted by molar-refractivity contribution is 8.04. The Labute approximate surface area is 126 Å². The number of anilines is 2. The molecule has 0 spiro atoms. The lowest BCUT2D eigenvalue weighted by Crippen LogP contribution is -2.17. The third kappa shape index (κ3) is 2.81. The van der Waals surface area contributed by atoms with Crippen LogP contribution in [0.4, 0.5) is 11.4 Å².